The van der Waals surface area contributed by atoms with E-state index in [1.807, 2.05) is 44.2 Å². The number of fused-ring (bicyclic) bond motifs is 2. The number of hydrogen-bond acceptors (Lipinski definition) is 3. The molecule has 0 aliphatic carbocycles. The molecule has 0 N–H and O–H groups in total. The van der Waals surface area contributed by atoms with Gasteiger partial charge < -0.3 is 4.57 Å². The minimum atomic E-state index is 0.206. The summed E-state index contributed by atoms with van der Waals surface area (Å²) in [7, 11) is 0. The highest BCUT2D eigenvalue weighted by molar-refractivity contribution is 5.99. The quantitative estimate of drug-likeness (QED) is 0.750. The number of ketones is 1. The molecular weight excluding hydrogens is 334 g/mol. The molecule has 0 amide bonds. The number of hydrogen-bond donors (Lipinski definition) is 0. The van der Waals surface area contributed by atoms with Crippen LogP contribution in [-0.4, -0.2) is 33.4 Å². The van der Waals surface area contributed by atoms with Crippen molar-refractivity contribution in [2.45, 2.75) is 64.5 Å². The van der Waals surface area contributed by atoms with Crippen molar-refractivity contribution in [3.63, 3.8) is 0 Å². The Morgan fingerprint density at radius 1 is 1.22 bits per heavy atom. The molecule has 27 heavy (non-hydrogen) atoms. The third-order valence-corrected chi connectivity index (χ3v) is 6.70. The van der Waals surface area contributed by atoms with Gasteiger partial charge in [-0.15, -0.1) is 0 Å². The molecule has 4 nitrogen and oxygen atoms in total. The molecule has 2 aliphatic heterocycles. The van der Waals surface area contributed by atoms with E-state index in [0.29, 0.717) is 18.2 Å². The van der Waals surface area contributed by atoms with Crippen molar-refractivity contribution >= 4 is 5.78 Å². The Morgan fingerprint density at radius 2 is 1.96 bits per heavy atom. The topological polar surface area (TPSA) is 49.0 Å². The normalized spacial score (nSPS) is 24.7. The summed E-state index contributed by atoms with van der Waals surface area (Å²) in [6, 6.07) is 12.3. The van der Waals surface area contributed by atoms with Crippen molar-refractivity contribution in [1.82, 2.24) is 9.47 Å². The van der Waals surface area contributed by atoms with Crippen LogP contribution in [0.5, 0.6) is 0 Å². The summed E-state index contributed by atoms with van der Waals surface area (Å²) < 4.78 is 2.11. The Morgan fingerprint density at radius 3 is 2.63 bits per heavy atom. The minimum absolute atomic E-state index is 0.206. The van der Waals surface area contributed by atoms with Crippen LogP contribution in [0.2, 0.25) is 0 Å². The summed E-state index contributed by atoms with van der Waals surface area (Å²) in [6.07, 6.45) is 6.18. The first-order chi connectivity index (χ1) is 12.9. The number of rotatable bonds is 4. The molecule has 2 atom stereocenters. The van der Waals surface area contributed by atoms with Crippen LogP contribution in [0, 0.1) is 25.2 Å². The smallest absolute Gasteiger partial charge is 0.178 e. The summed E-state index contributed by atoms with van der Waals surface area (Å²) in [5.41, 5.74) is 4.70. The van der Waals surface area contributed by atoms with E-state index in [2.05, 4.69) is 22.5 Å². The van der Waals surface area contributed by atoms with Gasteiger partial charge in [-0.1, -0.05) is 6.42 Å². The lowest BCUT2D eigenvalue weighted by atomic mass is 9.90. The van der Waals surface area contributed by atoms with Crippen LogP contribution in [0.3, 0.4) is 0 Å². The van der Waals surface area contributed by atoms with Crippen LogP contribution in [-0.2, 0) is 0 Å². The lowest BCUT2D eigenvalue weighted by Gasteiger charge is -2.42. The van der Waals surface area contributed by atoms with Gasteiger partial charge in [0.2, 0.25) is 0 Å². The van der Waals surface area contributed by atoms with Gasteiger partial charge in [-0.25, -0.2) is 0 Å². The van der Waals surface area contributed by atoms with Gasteiger partial charge in [0.25, 0.3) is 0 Å². The van der Waals surface area contributed by atoms with E-state index in [4.69, 9.17) is 5.26 Å². The summed E-state index contributed by atoms with van der Waals surface area (Å²) in [5, 5.41) is 9.00. The van der Waals surface area contributed by atoms with Crippen LogP contribution in [0.4, 0.5) is 0 Å². The highest BCUT2D eigenvalue weighted by Crippen LogP contribution is 2.43. The molecule has 4 heteroatoms. The second-order valence-corrected chi connectivity index (χ2v) is 8.41. The van der Waals surface area contributed by atoms with Gasteiger partial charge in [-0.3, -0.25) is 9.69 Å². The number of nitrogens with zero attached hydrogens (tertiary/aromatic N) is 3. The fourth-order valence-corrected chi connectivity index (χ4v) is 5.19. The maximum Gasteiger partial charge on any atom is 0.178 e. The van der Waals surface area contributed by atoms with Crippen molar-refractivity contribution in [2.24, 2.45) is 0 Å². The lowest BCUT2D eigenvalue weighted by Crippen LogP contribution is -2.50. The van der Waals surface area contributed by atoms with E-state index in [9.17, 15) is 4.79 Å². The molecule has 1 aromatic heterocycles. The van der Waals surface area contributed by atoms with Crippen LogP contribution < -0.4 is 0 Å². The zero-order valence-electron chi connectivity index (χ0n) is 16.5. The molecule has 140 valence electrons. The summed E-state index contributed by atoms with van der Waals surface area (Å²) in [6.45, 7) is 6.91. The molecule has 2 bridgehead atoms. The Kier molecular flexibility index (Phi) is 4.44. The van der Waals surface area contributed by atoms with Gasteiger partial charge in [0.05, 0.1) is 18.2 Å². The van der Waals surface area contributed by atoms with Crippen LogP contribution in [0.25, 0.3) is 5.69 Å². The van der Waals surface area contributed by atoms with Gasteiger partial charge in [-0.05, 0) is 76.8 Å². The molecule has 2 aromatic rings. The SMILES string of the molecule is Cc1cc(C(=O)CN2C3CCCC2(C)CC3)c(C)n1-c1ccc(C#N)cc1. The van der Waals surface area contributed by atoms with Crippen LogP contribution >= 0.6 is 0 Å². The fraction of sp³-hybridized carbons (Fsp3) is 0.478. The average molecular weight is 361 g/mol. The van der Waals surface area contributed by atoms with Gasteiger partial charge in [0.1, 0.15) is 0 Å². The Bertz CT molecular complexity index is 914. The van der Waals surface area contributed by atoms with E-state index >= 15 is 0 Å². The number of aryl methyl sites for hydroxylation is 1. The number of carbonyl (C=O) groups is 1. The number of benzene rings is 1. The first-order valence-corrected chi connectivity index (χ1v) is 9.92. The molecule has 0 spiro atoms. The van der Waals surface area contributed by atoms with Crippen molar-refractivity contribution in [2.75, 3.05) is 6.54 Å². The first-order valence-electron chi connectivity index (χ1n) is 9.92. The number of piperidine rings is 1. The van der Waals surface area contributed by atoms with E-state index < -0.39 is 0 Å². The number of carbonyl (C=O) groups excluding carboxylic acids is 1. The maximum atomic E-state index is 13.2. The molecule has 0 radical (unpaired) electrons. The maximum absolute atomic E-state index is 13.2. The van der Waals surface area contributed by atoms with Gasteiger partial charge in [-0.2, -0.15) is 5.26 Å². The summed E-state index contributed by atoms with van der Waals surface area (Å²) >= 11 is 0. The van der Waals surface area contributed by atoms with E-state index in [0.717, 1.165) is 22.6 Å². The third-order valence-electron chi connectivity index (χ3n) is 6.70. The van der Waals surface area contributed by atoms with Crippen LogP contribution in [0.1, 0.15) is 66.3 Å². The number of Topliss-reactive ketones (excluding diaryl/α,β-unsaturated/α-hetero) is 1. The predicted molar refractivity (Wildman–Crippen MR) is 106 cm³/mol. The summed E-state index contributed by atoms with van der Waals surface area (Å²) in [5.74, 6) is 0.225. The van der Waals surface area contributed by atoms with Crippen molar-refractivity contribution in [3.05, 3.63) is 52.8 Å². The van der Waals surface area contributed by atoms with E-state index in [1.165, 1.54) is 32.1 Å². The van der Waals surface area contributed by atoms with Crippen molar-refractivity contribution < 1.29 is 4.79 Å². The molecule has 4 rings (SSSR count). The van der Waals surface area contributed by atoms with E-state index in [1.54, 1.807) is 0 Å². The Balaban J connectivity index is 1.61. The average Bonchev–Trinajstić information content (AvgIpc) is 3.03. The van der Waals surface area contributed by atoms with Gasteiger partial charge in [0.15, 0.2) is 5.78 Å². The second-order valence-electron chi connectivity index (χ2n) is 8.41. The fourth-order valence-electron chi connectivity index (χ4n) is 5.19. The highest BCUT2D eigenvalue weighted by atomic mass is 16.1. The van der Waals surface area contributed by atoms with Crippen molar-refractivity contribution in [1.29, 1.82) is 5.26 Å². The predicted octanol–water partition coefficient (Wildman–Crippen LogP) is 4.56. The third kappa shape index (κ3) is 3.00. The Labute approximate surface area is 161 Å². The largest absolute Gasteiger partial charge is 0.318 e. The van der Waals surface area contributed by atoms with E-state index in [-0.39, 0.29) is 11.3 Å². The van der Waals surface area contributed by atoms with Crippen molar-refractivity contribution in [3.8, 4) is 11.8 Å². The molecule has 2 fully saturated rings. The molecule has 3 heterocycles. The summed E-state index contributed by atoms with van der Waals surface area (Å²) in [4.78, 5) is 15.7. The highest BCUT2D eigenvalue weighted by Gasteiger charge is 2.45. The molecule has 2 unspecified atom stereocenters. The molecule has 2 aliphatic rings. The minimum Gasteiger partial charge on any atom is -0.318 e. The first kappa shape index (κ1) is 18.0. The number of nitriles is 1. The molecule has 1 aromatic carbocycles. The lowest BCUT2D eigenvalue weighted by molar-refractivity contribution is 0.0563. The van der Waals surface area contributed by atoms with Crippen LogP contribution in [0.15, 0.2) is 30.3 Å². The van der Waals surface area contributed by atoms with Gasteiger partial charge >= 0.3 is 0 Å². The Hall–Kier alpha value is -2.38. The standard InChI is InChI=1S/C23H27N3O/c1-16-13-21(17(2)26(16)20-8-6-18(14-24)7-9-20)22(27)15-25-19-5-4-11-23(25,3)12-10-19/h6-9,13,19H,4-5,10-12,15H2,1-3H3. The molecule has 2 saturated heterocycles. The monoisotopic (exact) mass is 361 g/mol. The number of aromatic nitrogens is 1. The second kappa shape index (κ2) is 6.65. The van der Waals surface area contributed by atoms with Gasteiger partial charge in [0, 0.05) is 34.2 Å². The zero-order valence-corrected chi connectivity index (χ0v) is 16.5. The molecule has 0 saturated carbocycles. The zero-order chi connectivity index (χ0) is 19.2. The molecular formula is C23H27N3O.